The van der Waals surface area contributed by atoms with E-state index in [4.69, 9.17) is 16.3 Å². The van der Waals surface area contributed by atoms with Crippen LogP contribution in [0.3, 0.4) is 0 Å². The van der Waals surface area contributed by atoms with Crippen LogP contribution in [0.5, 0.6) is 0 Å². The first kappa shape index (κ1) is 31.9. The molecule has 0 radical (unpaired) electrons. The second kappa shape index (κ2) is 13.0. The maximum Gasteiger partial charge on any atom is 0.435 e. The Kier molecular flexibility index (Phi) is 8.82. The maximum absolute atomic E-state index is 13.3. The number of aromatic nitrogens is 4. The molecule has 0 amide bonds. The highest BCUT2D eigenvalue weighted by atomic mass is 35.5. The highest BCUT2D eigenvalue weighted by molar-refractivity contribution is 6.17. The number of nitrogens with zero attached hydrogens (tertiary/aromatic N) is 4. The minimum absolute atomic E-state index is 0.0787. The van der Waals surface area contributed by atoms with Gasteiger partial charge in [0.2, 0.25) is 0 Å². The molecular weight excluding hydrogens is 615 g/mol. The minimum Gasteiger partial charge on any atom is -0.442 e. The van der Waals surface area contributed by atoms with E-state index in [-0.39, 0.29) is 12.4 Å². The number of alkyl halides is 1. The molecule has 0 aliphatic carbocycles. The summed E-state index contributed by atoms with van der Waals surface area (Å²) in [6.07, 6.45) is -0.527. The van der Waals surface area contributed by atoms with Gasteiger partial charge in [0.15, 0.2) is 0 Å². The summed E-state index contributed by atoms with van der Waals surface area (Å²) >= 11 is 5.87. The SMILES string of the molecule is CC(C)(C)OC(=O)n1nc(-c2ccc3ccccc3c2)c2cc(CO)ccc21.Cn1nc(-c2cccc(F)c2)c2cc(CCl)ccc21. The summed E-state index contributed by atoms with van der Waals surface area (Å²) in [6, 6.07) is 32.1. The Bertz CT molecular complexity index is 2250. The third-order valence-corrected chi connectivity index (χ3v) is 7.99. The van der Waals surface area contributed by atoms with E-state index in [1.165, 1.54) is 16.8 Å². The lowest BCUT2D eigenvalue weighted by Gasteiger charge is -2.19. The molecule has 5 aromatic carbocycles. The lowest BCUT2D eigenvalue weighted by molar-refractivity contribution is 0.0523. The molecule has 7 rings (SSSR count). The molecule has 0 fully saturated rings. The monoisotopic (exact) mass is 648 g/mol. The van der Waals surface area contributed by atoms with Crippen molar-refractivity contribution in [1.82, 2.24) is 19.6 Å². The van der Waals surface area contributed by atoms with Gasteiger partial charge in [0.25, 0.3) is 0 Å². The van der Waals surface area contributed by atoms with Crippen LogP contribution in [0, 0.1) is 5.82 Å². The fourth-order valence-electron chi connectivity index (χ4n) is 5.50. The first-order valence-electron chi connectivity index (χ1n) is 15.2. The number of rotatable bonds is 4. The number of hydrogen-bond acceptors (Lipinski definition) is 5. The van der Waals surface area contributed by atoms with Gasteiger partial charge in [-0.25, -0.2) is 9.18 Å². The number of benzene rings is 5. The summed E-state index contributed by atoms with van der Waals surface area (Å²) < 4.78 is 22.0. The van der Waals surface area contributed by atoms with Gasteiger partial charge >= 0.3 is 6.09 Å². The number of carbonyl (C=O) groups excluding carboxylic acids is 1. The van der Waals surface area contributed by atoms with E-state index in [0.29, 0.717) is 17.1 Å². The van der Waals surface area contributed by atoms with Crippen LogP contribution in [0.25, 0.3) is 55.1 Å². The fraction of sp³-hybridized carbons (Fsp3) is 0.184. The average Bonchev–Trinajstić information content (AvgIpc) is 3.61. The highest BCUT2D eigenvalue weighted by Crippen LogP contribution is 2.32. The Morgan fingerprint density at radius 3 is 2.17 bits per heavy atom. The number of ether oxygens (including phenoxy) is 1. The van der Waals surface area contributed by atoms with Crippen LogP contribution in [0.15, 0.2) is 103 Å². The number of aliphatic hydroxyl groups excluding tert-OH is 1. The zero-order valence-electron chi connectivity index (χ0n) is 26.5. The van der Waals surface area contributed by atoms with Crippen molar-refractivity contribution in [2.45, 2.75) is 38.9 Å². The van der Waals surface area contributed by atoms with Crippen LogP contribution in [0.1, 0.15) is 31.9 Å². The molecule has 2 aromatic heterocycles. The molecule has 2 heterocycles. The quantitative estimate of drug-likeness (QED) is 0.192. The summed E-state index contributed by atoms with van der Waals surface area (Å²) in [4.78, 5) is 12.7. The lowest BCUT2D eigenvalue weighted by Crippen LogP contribution is -2.27. The van der Waals surface area contributed by atoms with E-state index in [1.54, 1.807) is 22.9 Å². The van der Waals surface area contributed by atoms with Crippen molar-refractivity contribution in [3.63, 3.8) is 0 Å². The number of aryl methyl sites for hydroxylation is 1. The van der Waals surface area contributed by atoms with Gasteiger partial charge in [0.05, 0.1) is 17.6 Å². The van der Waals surface area contributed by atoms with Crippen molar-refractivity contribution in [2.75, 3.05) is 0 Å². The molecule has 9 heteroatoms. The van der Waals surface area contributed by atoms with Crippen LogP contribution in [-0.4, -0.2) is 36.4 Å². The van der Waals surface area contributed by atoms with Gasteiger partial charge in [-0.2, -0.15) is 14.9 Å². The predicted molar refractivity (Wildman–Crippen MR) is 186 cm³/mol. The van der Waals surface area contributed by atoms with Crippen molar-refractivity contribution < 1.29 is 19.0 Å². The Morgan fingerprint density at radius 1 is 0.787 bits per heavy atom. The molecule has 47 heavy (non-hydrogen) atoms. The molecule has 7 aromatic rings. The Hall–Kier alpha value is -5.05. The average molecular weight is 649 g/mol. The van der Waals surface area contributed by atoms with Crippen molar-refractivity contribution in [1.29, 1.82) is 0 Å². The first-order chi connectivity index (χ1) is 22.5. The van der Waals surface area contributed by atoms with Gasteiger partial charge < -0.3 is 9.84 Å². The Labute approximate surface area is 276 Å². The largest absolute Gasteiger partial charge is 0.442 e. The summed E-state index contributed by atoms with van der Waals surface area (Å²) in [5.41, 5.74) is 5.97. The standard InChI is InChI=1S/C23H22N2O3.C15H12ClFN2/c1-23(2,3)28-22(27)25-20-11-8-15(14-26)12-19(20)21(24-25)18-10-9-16-6-4-5-7-17(16)13-18;1-19-14-6-5-10(9-16)7-13(14)15(18-19)11-3-2-4-12(17)8-11/h4-13,26H,14H2,1-3H3;2-8H,9H2,1H3. The topological polar surface area (TPSA) is 82.2 Å². The fourth-order valence-corrected chi connectivity index (χ4v) is 5.67. The smallest absolute Gasteiger partial charge is 0.435 e. The molecule has 0 aliphatic rings. The summed E-state index contributed by atoms with van der Waals surface area (Å²) in [6.45, 7) is 5.39. The number of carbonyl (C=O) groups is 1. The second-order valence-electron chi connectivity index (χ2n) is 12.3. The molecule has 0 saturated heterocycles. The van der Waals surface area contributed by atoms with Gasteiger partial charge in [-0.3, -0.25) is 4.68 Å². The Balaban J connectivity index is 0.000000177. The van der Waals surface area contributed by atoms with Gasteiger partial charge in [-0.1, -0.05) is 60.7 Å². The van der Waals surface area contributed by atoms with E-state index in [0.717, 1.165) is 55.0 Å². The molecule has 238 valence electrons. The molecule has 0 saturated carbocycles. The van der Waals surface area contributed by atoms with Crippen molar-refractivity contribution in [3.05, 3.63) is 120 Å². The summed E-state index contributed by atoms with van der Waals surface area (Å²) in [5, 5.41) is 22.6. The number of aliphatic hydroxyl groups is 1. The van der Waals surface area contributed by atoms with Crippen LogP contribution in [0.4, 0.5) is 9.18 Å². The van der Waals surface area contributed by atoms with E-state index in [9.17, 15) is 14.3 Å². The molecule has 0 atom stereocenters. The maximum atomic E-state index is 13.3. The van der Waals surface area contributed by atoms with Crippen LogP contribution < -0.4 is 0 Å². The van der Waals surface area contributed by atoms with E-state index in [2.05, 4.69) is 22.3 Å². The van der Waals surface area contributed by atoms with Crippen molar-refractivity contribution in [2.24, 2.45) is 7.05 Å². The van der Waals surface area contributed by atoms with Crippen LogP contribution >= 0.6 is 11.6 Å². The van der Waals surface area contributed by atoms with Gasteiger partial charge in [-0.05, 0) is 85.1 Å². The van der Waals surface area contributed by atoms with Gasteiger partial charge in [0, 0.05) is 34.8 Å². The van der Waals surface area contributed by atoms with Crippen LogP contribution in [0.2, 0.25) is 0 Å². The Morgan fingerprint density at radius 2 is 1.45 bits per heavy atom. The second-order valence-corrected chi connectivity index (χ2v) is 12.5. The summed E-state index contributed by atoms with van der Waals surface area (Å²) in [5.74, 6) is 0.192. The van der Waals surface area contributed by atoms with Crippen LogP contribution in [-0.2, 0) is 24.3 Å². The van der Waals surface area contributed by atoms with Gasteiger partial charge in [0.1, 0.15) is 22.8 Å². The van der Waals surface area contributed by atoms with Crippen molar-refractivity contribution >= 4 is 50.3 Å². The number of hydrogen-bond donors (Lipinski definition) is 1. The zero-order valence-corrected chi connectivity index (χ0v) is 27.3. The highest BCUT2D eigenvalue weighted by Gasteiger charge is 2.23. The summed E-state index contributed by atoms with van der Waals surface area (Å²) in [7, 11) is 1.88. The van der Waals surface area contributed by atoms with Crippen molar-refractivity contribution in [3.8, 4) is 22.5 Å². The molecule has 0 aliphatic heterocycles. The zero-order chi connectivity index (χ0) is 33.3. The number of halogens is 2. The molecule has 1 N–H and O–H groups in total. The number of fused-ring (bicyclic) bond motifs is 3. The minimum atomic E-state index is -0.622. The third-order valence-electron chi connectivity index (χ3n) is 7.68. The first-order valence-corrected chi connectivity index (χ1v) is 15.7. The lowest BCUT2D eigenvalue weighted by atomic mass is 10.0. The van der Waals surface area contributed by atoms with E-state index in [1.807, 2.05) is 88.5 Å². The van der Waals surface area contributed by atoms with E-state index < -0.39 is 11.7 Å². The third kappa shape index (κ3) is 6.75. The molecule has 7 nitrogen and oxygen atoms in total. The molecule has 0 spiro atoms. The molecule has 0 unspecified atom stereocenters. The molecular formula is C38H34ClFN4O3. The van der Waals surface area contributed by atoms with Gasteiger partial charge in [-0.15, -0.1) is 11.6 Å². The normalized spacial score (nSPS) is 11.6. The molecule has 0 bridgehead atoms. The predicted octanol–water partition coefficient (Wildman–Crippen LogP) is 9.25. The van der Waals surface area contributed by atoms with E-state index >= 15 is 0 Å².